The van der Waals surface area contributed by atoms with E-state index in [1.165, 1.54) is 25.0 Å². The monoisotopic (exact) mass is 237 g/mol. The molecule has 1 saturated carbocycles. The van der Waals surface area contributed by atoms with E-state index in [1.54, 1.807) is 0 Å². The number of carbonyl (C=O) groups is 1. The summed E-state index contributed by atoms with van der Waals surface area (Å²) in [7, 11) is 0. The molecule has 0 atom stereocenters. The van der Waals surface area contributed by atoms with Crippen LogP contribution in [0.3, 0.4) is 0 Å². The Hall–Kier alpha value is -1.58. The van der Waals surface area contributed by atoms with E-state index in [2.05, 4.69) is 0 Å². The van der Waals surface area contributed by atoms with E-state index >= 15 is 0 Å². The molecule has 0 saturated heterocycles. The summed E-state index contributed by atoms with van der Waals surface area (Å²) in [5.41, 5.74) is 5.67. The number of carbonyl (C=O) groups excluding carboxylic acids is 1. The van der Waals surface area contributed by atoms with Crippen molar-refractivity contribution in [3.8, 4) is 0 Å². The van der Waals surface area contributed by atoms with Crippen LogP contribution in [0.1, 0.15) is 36.0 Å². The molecule has 1 aromatic carbocycles. The molecule has 1 aliphatic carbocycles. The molecule has 2 rings (SSSR count). The summed E-state index contributed by atoms with van der Waals surface area (Å²) in [6.45, 7) is 0.392. The van der Waals surface area contributed by atoms with Gasteiger partial charge in [0.15, 0.2) is 0 Å². The normalized spacial score (nSPS) is 16.1. The number of rotatable bonds is 3. The van der Waals surface area contributed by atoms with Gasteiger partial charge < -0.3 is 10.5 Å². The SMILES string of the molecule is Nc1ccc(C(=O)OCC2CCCC2)c(F)c1. The van der Waals surface area contributed by atoms with Gasteiger partial charge >= 0.3 is 5.97 Å². The third kappa shape index (κ3) is 2.96. The third-order valence-corrected chi connectivity index (χ3v) is 3.14. The Bertz CT molecular complexity index is 414. The van der Waals surface area contributed by atoms with Crippen LogP contribution in [-0.2, 0) is 4.74 Å². The summed E-state index contributed by atoms with van der Waals surface area (Å²) < 4.78 is 18.5. The van der Waals surface area contributed by atoms with Crippen molar-refractivity contribution in [3.63, 3.8) is 0 Å². The van der Waals surface area contributed by atoms with Crippen LogP contribution >= 0.6 is 0 Å². The molecular formula is C13H16FNO2. The van der Waals surface area contributed by atoms with E-state index in [-0.39, 0.29) is 5.56 Å². The molecule has 2 N–H and O–H groups in total. The van der Waals surface area contributed by atoms with Crippen LogP contribution in [0, 0.1) is 11.7 Å². The largest absolute Gasteiger partial charge is 0.462 e. The van der Waals surface area contributed by atoms with Crippen molar-refractivity contribution in [1.82, 2.24) is 0 Å². The average molecular weight is 237 g/mol. The Morgan fingerprint density at radius 3 is 2.76 bits per heavy atom. The molecule has 0 aliphatic heterocycles. The molecular weight excluding hydrogens is 221 g/mol. The molecule has 4 heteroatoms. The summed E-state index contributed by atoms with van der Waals surface area (Å²) in [5, 5.41) is 0. The quantitative estimate of drug-likeness (QED) is 0.649. The maximum absolute atomic E-state index is 13.4. The zero-order valence-electron chi connectivity index (χ0n) is 9.62. The lowest BCUT2D eigenvalue weighted by atomic mass is 10.1. The van der Waals surface area contributed by atoms with E-state index in [4.69, 9.17) is 10.5 Å². The second kappa shape index (κ2) is 5.17. The van der Waals surface area contributed by atoms with Crippen LogP contribution in [0.2, 0.25) is 0 Å². The molecule has 0 spiro atoms. The summed E-state index contributed by atoms with van der Waals surface area (Å²) in [4.78, 5) is 11.6. The van der Waals surface area contributed by atoms with Crippen LogP contribution in [-0.4, -0.2) is 12.6 Å². The minimum atomic E-state index is -0.624. The first kappa shape index (κ1) is 11.9. The lowest BCUT2D eigenvalue weighted by molar-refractivity contribution is 0.0437. The van der Waals surface area contributed by atoms with Gasteiger partial charge in [-0.3, -0.25) is 0 Å². The second-order valence-electron chi connectivity index (χ2n) is 4.49. The van der Waals surface area contributed by atoms with Crippen LogP contribution < -0.4 is 5.73 Å². The van der Waals surface area contributed by atoms with Gasteiger partial charge in [-0.05, 0) is 37.0 Å². The maximum atomic E-state index is 13.4. The molecule has 92 valence electrons. The summed E-state index contributed by atoms with van der Waals surface area (Å²) in [5.74, 6) is -0.786. The Balaban J connectivity index is 1.94. The summed E-state index contributed by atoms with van der Waals surface area (Å²) in [6.07, 6.45) is 4.58. The molecule has 3 nitrogen and oxygen atoms in total. The number of nitrogens with two attached hydrogens (primary N) is 1. The van der Waals surface area contributed by atoms with Crippen molar-refractivity contribution in [2.75, 3.05) is 12.3 Å². The van der Waals surface area contributed by atoms with Crippen molar-refractivity contribution in [2.24, 2.45) is 5.92 Å². The molecule has 0 aromatic heterocycles. The van der Waals surface area contributed by atoms with Gasteiger partial charge in [-0.1, -0.05) is 12.8 Å². The fourth-order valence-corrected chi connectivity index (χ4v) is 2.15. The Labute approximate surface area is 99.8 Å². The highest BCUT2D eigenvalue weighted by Gasteiger charge is 2.19. The van der Waals surface area contributed by atoms with Crippen LogP contribution in [0.25, 0.3) is 0 Å². The Morgan fingerprint density at radius 2 is 2.12 bits per heavy atom. The maximum Gasteiger partial charge on any atom is 0.341 e. The molecule has 0 heterocycles. The minimum Gasteiger partial charge on any atom is -0.462 e. The first-order valence-electron chi connectivity index (χ1n) is 5.89. The molecule has 0 amide bonds. The lowest BCUT2D eigenvalue weighted by Gasteiger charge is -2.10. The number of esters is 1. The highest BCUT2D eigenvalue weighted by molar-refractivity contribution is 5.90. The minimum absolute atomic E-state index is 0.0443. The van der Waals surface area contributed by atoms with Crippen LogP contribution in [0.5, 0.6) is 0 Å². The van der Waals surface area contributed by atoms with Crippen molar-refractivity contribution in [2.45, 2.75) is 25.7 Å². The highest BCUT2D eigenvalue weighted by atomic mass is 19.1. The Morgan fingerprint density at radius 1 is 1.41 bits per heavy atom. The van der Waals surface area contributed by atoms with Gasteiger partial charge in [0.25, 0.3) is 0 Å². The van der Waals surface area contributed by atoms with E-state index in [1.807, 2.05) is 0 Å². The molecule has 1 aromatic rings. The van der Waals surface area contributed by atoms with E-state index in [9.17, 15) is 9.18 Å². The topological polar surface area (TPSA) is 52.3 Å². The van der Waals surface area contributed by atoms with Gasteiger partial charge in [-0.25, -0.2) is 9.18 Å². The Kier molecular flexibility index (Phi) is 3.61. The van der Waals surface area contributed by atoms with Gasteiger partial charge in [0.05, 0.1) is 12.2 Å². The number of ether oxygens (including phenoxy) is 1. The standard InChI is InChI=1S/C13H16FNO2/c14-12-7-10(15)5-6-11(12)13(16)17-8-9-3-1-2-4-9/h5-7,9H,1-4,8,15H2. The number of anilines is 1. The molecule has 1 aliphatic rings. The number of nitrogen functional groups attached to an aromatic ring is 1. The van der Waals surface area contributed by atoms with Gasteiger partial charge in [0, 0.05) is 5.69 Å². The molecule has 1 fully saturated rings. The third-order valence-electron chi connectivity index (χ3n) is 3.14. The van der Waals surface area contributed by atoms with Crippen LogP contribution in [0.4, 0.5) is 10.1 Å². The van der Waals surface area contributed by atoms with Gasteiger partial charge in [0.2, 0.25) is 0 Å². The van der Waals surface area contributed by atoms with E-state index in [0.717, 1.165) is 18.9 Å². The fraction of sp³-hybridized carbons (Fsp3) is 0.462. The van der Waals surface area contributed by atoms with Crippen molar-refractivity contribution >= 4 is 11.7 Å². The predicted molar refractivity (Wildman–Crippen MR) is 63.1 cm³/mol. The lowest BCUT2D eigenvalue weighted by Crippen LogP contribution is -2.13. The summed E-state index contributed by atoms with van der Waals surface area (Å²) >= 11 is 0. The number of hydrogen-bond acceptors (Lipinski definition) is 3. The van der Waals surface area contributed by atoms with E-state index < -0.39 is 11.8 Å². The second-order valence-corrected chi connectivity index (χ2v) is 4.49. The summed E-state index contributed by atoms with van der Waals surface area (Å²) in [6, 6.07) is 3.99. The van der Waals surface area contributed by atoms with Crippen LogP contribution in [0.15, 0.2) is 18.2 Å². The molecule has 0 unspecified atom stereocenters. The predicted octanol–water partition coefficient (Wildman–Crippen LogP) is 2.75. The van der Waals surface area contributed by atoms with Gasteiger partial charge in [-0.15, -0.1) is 0 Å². The zero-order chi connectivity index (χ0) is 12.3. The van der Waals surface area contributed by atoms with Crippen molar-refractivity contribution in [1.29, 1.82) is 0 Å². The van der Waals surface area contributed by atoms with Crippen molar-refractivity contribution in [3.05, 3.63) is 29.6 Å². The molecule has 0 radical (unpaired) electrons. The van der Waals surface area contributed by atoms with Gasteiger partial charge in [0.1, 0.15) is 5.82 Å². The smallest absolute Gasteiger partial charge is 0.341 e. The van der Waals surface area contributed by atoms with E-state index in [0.29, 0.717) is 18.2 Å². The highest BCUT2D eigenvalue weighted by Crippen LogP contribution is 2.25. The zero-order valence-corrected chi connectivity index (χ0v) is 9.62. The molecule has 0 bridgehead atoms. The van der Waals surface area contributed by atoms with Crippen molar-refractivity contribution < 1.29 is 13.9 Å². The van der Waals surface area contributed by atoms with Gasteiger partial charge in [-0.2, -0.15) is 0 Å². The first-order valence-corrected chi connectivity index (χ1v) is 5.89. The fourth-order valence-electron chi connectivity index (χ4n) is 2.15. The average Bonchev–Trinajstić information content (AvgIpc) is 2.78. The number of benzene rings is 1. The number of hydrogen-bond donors (Lipinski definition) is 1. The molecule has 17 heavy (non-hydrogen) atoms. The number of halogens is 1. The first-order chi connectivity index (χ1) is 8.16.